The first-order valence-electron chi connectivity index (χ1n) is 10.7. The molecular formula is C24H34N3O2+. The van der Waals surface area contributed by atoms with E-state index in [0.29, 0.717) is 12.5 Å². The highest BCUT2D eigenvalue weighted by Crippen LogP contribution is 2.27. The molecule has 0 aromatic heterocycles. The first-order valence-corrected chi connectivity index (χ1v) is 10.7. The molecule has 1 saturated heterocycles. The normalized spacial score (nSPS) is 16.0. The predicted molar refractivity (Wildman–Crippen MR) is 119 cm³/mol. The van der Waals surface area contributed by atoms with E-state index in [9.17, 15) is 4.79 Å². The van der Waals surface area contributed by atoms with Crippen molar-refractivity contribution in [3.8, 4) is 5.75 Å². The molecule has 0 unspecified atom stereocenters. The van der Waals surface area contributed by atoms with Gasteiger partial charge in [-0.2, -0.15) is 0 Å². The lowest BCUT2D eigenvalue weighted by atomic mass is 10.0. The van der Waals surface area contributed by atoms with Crippen LogP contribution in [0, 0.1) is 0 Å². The summed E-state index contributed by atoms with van der Waals surface area (Å²) >= 11 is 0. The summed E-state index contributed by atoms with van der Waals surface area (Å²) in [6, 6.07) is 16.3. The molecule has 0 radical (unpaired) electrons. The molecule has 1 heterocycles. The molecule has 1 aliphatic heterocycles. The number of hydrogen-bond acceptors (Lipinski definition) is 3. The quantitative estimate of drug-likeness (QED) is 0.756. The SMILES string of the molecule is CCOc1ccccc1N1CC[NH+]([C@H](C)C(=O)Nc2ccc(C(C)C)cc2)CC1. The monoisotopic (exact) mass is 396 g/mol. The third kappa shape index (κ3) is 5.30. The Morgan fingerprint density at radius 2 is 1.72 bits per heavy atom. The fourth-order valence-electron chi connectivity index (χ4n) is 3.85. The van der Waals surface area contributed by atoms with Crippen LogP contribution < -0.4 is 19.9 Å². The number of rotatable bonds is 7. The van der Waals surface area contributed by atoms with Crippen molar-refractivity contribution < 1.29 is 14.4 Å². The third-order valence-electron chi connectivity index (χ3n) is 5.76. The summed E-state index contributed by atoms with van der Waals surface area (Å²) in [4.78, 5) is 16.4. The average Bonchev–Trinajstić information content (AvgIpc) is 2.74. The van der Waals surface area contributed by atoms with Crippen LogP contribution in [0.4, 0.5) is 11.4 Å². The first kappa shape index (κ1) is 21.2. The molecule has 156 valence electrons. The summed E-state index contributed by atoms with van der Waals surface area (Å²) in [5.74, 6) is 1.52. The maximum Gasteiger partial charge on any atom is 0.282 e. The number of piperazine rings is 1. The minimum atomic E-state index is -0.0796. The van der Waals surface area contributed by atoms with E-state index in [1.165, 1.54) is 10.5 Å². The molecule has 2 aromatic carbocycles. The van der Waals surface area contributed by atoms with E-state index in [-0.39, 0.29) is 11.9 Å². The van der Waals surface area contributed by atoms with Crippen molar-refractivity contribution >= 4 is 17.3 Å². The number of hydrogen-bond donors (Lipinski definition) is 2. The van der Waals surface area contributed by atoms with Gasteiger partial charge in [0.2, 0.25) is 0 Å². The fraction of sp³-hybridized carbons (Fsp3) is 0.458. The smallest absolute Gasteiger partial charge is 0.282 e. The van der Waals surface area contributed by atoms with Crippen molar-refractivity contribution in [3.05, 3.63) is 54.1 Å². The van der Waals surface area contributed by atoms with Crippen LogP contribution in [0.15, 0.2) is 48.5 Å². The molecule has 0 aliphatic carbocycles. The minimum absolute atomic E-state index is 0.0796. The van der Waals surface area contributed by atoms with Crippen molar-refractivity contribution in [2.45, 2.75) is 39.7 Å². The highest BCUT2D eigenvalue weighted by Gasteiger charge is 2.30. The Morgan fingerprint density at radius 1 is 1.07 bits per heavy atom. The number of amides is 1. The summed E-state index contributed by atoms with van der Waals surface area (Å²) in [6.07, 6.45) is 0. The van der Waals surface area contributed by atoms with Gasteiger partial charge in [-0.1, -0.05) is 38.1 Å². The molecule has 5 nitrogen and oxygen atoms in total. The number of benzene rings is 2. The van der Waals surface area contributed by atoms with Crippen molar-refractivity contribution in [2.24, 2.45) is 0 Å². The Bertz CT molecular complexity index is 796. The number of anilines is 2. The van der Waals surface area contributed by atoms with Gasteiger partial charge in [0.15, 0.2) is 6.04 Å². The maximum atomic E-state index is 12.8. The Balaban J connectivity index is 1.55. The molecule has 3 rings (SSSR count). The number of carbonyl (C=O) groups is 1. The van der Waals surface area contributed by atoms with Gasteiger partial charge in [-0.25, -0.2) is 0 Å². The van der Waals surface area contributed by atoms with Crippen LogP contribution >= 0.6 is 0 Å². The van der Waals surface area contributed by atoms with Gasteiger partial charge in [-0.15, -0.1) is 0 Å². The maximum absolute atomic E-state index is 12.8. The summed E-state index contributed by atoms with van der Waals surface area (Å²) in [5, 5.41) is 3.08. The lowest BCUT2D eigenvalue weighted by molar-refractivity contribution is -0.914. The van der Waals surface area contributed by atoms with E-state index in [2.05, 4.69) is 48.3 Å². The van der Waals surface area contributed by atoms with Crippen molar-refractivity contribution in [2.75, 3.05) is 43.0 Å². The van der Waals surface area contributed by atoms with Crippen LogP contribution in [-0.2, 0) is 4.79 Å². The van der Waals surface area contributed by atoms with Gasteiger partial charge in [0.1, 0.15) is 5.75 Å². The van der Waals surface area contributed by atoms with E-state index in [0.717, 1.165) is 43.3 Å². The molecule has 0 spiro atoms. The largest absolute Gasteiger partial charge is 0.492 e. The highest BCUT2D eigenvalue weighted by atomic mass is 16.5. The lowest BCUT2D eigenvalue weighted by Crippen LogP contribution is -3.19. The fourth-order valence-corrected chi connectivity index (χ4v) is 3.85. The van der Waals surface area contributed by atoms with E-state index >= 15 is 0 Å². The standard InChI is InChI=1S/C24H33N3O2/c1-5-29-23-9-7-6-8-22(23)27-16-14-26(15-17-27)19(4)24(28)25-21-12-10-20(11-13-21)18(2)3/h6-13,18-19H,5,14-17H2,1-4H3,(H,25,28)/p+1/t19-/m1/s1. The summed E-state index contributed by atoms with van der Waals surface area (Å²) < 4.78 is 5.78. The van der Waals surface area contributed by atoms with Crippen LogP contribution in [0.1, 0.15) is 39.2 Å². The van der Waals surface area contributed by atoms with Crippen molar-refractivity contribution in [3.63, 3.8) is 0 Å². The van der Waals surface area contributed by atoms with Crippen LogP contribution in [0.2, 0.25) is 0 Å². The molecule has 1 atom stereocenters. The molecule has 5 heteroatoms. The van der Waals surface area contributed by atoms with E-state index in [1.807, 2.05) is 38.1 Å². The number of para-hydroxylation sites is 2. The summed E-state index contributed by atoms with van der Waals surface area (Å²) in [5.41, 5.74) is 3.30. The number of quaternary nitrogens is 1. The molecule has 2 N–H and O–H groups in total. The van der Waals surface area contributed by atoms with E-state index in [1.54, 1.807) is 0 Å². The van der Waals surface area contributed by atoms with Gasteiger partial charge < -0.3 is 19.9 Å². The van der Waals surface area contributed by atoms with Gasteiger partial charge in [-0.05, 0) is 49.6 Å². The van der Waals surface area contributed by atoms with Gasteiger partial charge in [0.05, 0.1) is 38.5 Å². The zero-order chi connectivity index (χ0) is 20.8. The van der Waals surface area contributed by atoms with E-state index < -0.39 is 0 Å². The average molecular weight is 397 g/mol. The Hall–Kier alpha value is -2.53. The van der Waals surface area contributed by atoms with Gasteiger partial charge >= 0.3 is 0 Å². The Kier molecular flexibility index (Phi) is 7.15. The van der Waals surface area contributed by atoms with E-state index in [4.69, 9.17) is 4.74 Å². The summed E-state index contributed by atoms with van der Waals surface area (Å²) in [6.45, 7) is 12.7. The second kappa shape index (κ2) is 9.79. The molecular weight excluding hydrogens is 362 g/mol. The zero-order valence-electron chi connectivity index (χ0n) is 18.1. The predicted octanol–water partition coefficient (Wildman–Crippen LogP) is 2.94. The van der Waals surface area contributed by atoms with Gasteiger partial charge in [0.25, 0.3) is 5.91 Å². The first-order chi connectivity index (χ1) is 14.0. The number of nitrogens with one attached hydrogen (secondary N) is 2. The molecule has 1 amide bonds. The van der Waals surface area contributed by atoms with Crippen molar-refractivity contribution in [1.29, 1.82) is 0 Å². The van der Waals surface area contributed by atoms with Crippen LogP contribution in [0.5, 0.6) is 5.75 Å². The number of carbonyl (C=O) groups excluding carboxylic acids is 1. The van der Waals surface area contributed by atoms with Gasteiger partial charge in [0, 0.05) is 5.69 Å². The molecule has 29 heavy (non-hydrogen) atoms. The second-order valence-corrected chi connectivity index (χ2v) is 8.03. The zero-order valence-corrected chi connectivity index (χ0v) is 18.1. The second-order valence-electron chi connectivity index (χ2n) is 8.03. The highest BCUT2D eigenvalue weighted by molar-refractivity contribution is 5.93. The van der Waals surface area contributed by atoms with Crippen LogP contribution in [0.3, 0.4) is 0 Å². The molecule has 1 fully saturated rings. The molecule has 2 aromatic rings. The molecule has 0 saturated carbocycles. The van der Waals surface area contributed by atoms with Crippen molar-refractivity contribution in [1.82, 2.24) is 0 Å². The minimum Gasteiger partial charge on any atom is -0.492 e. The summed E-state index contributed by atoms with van der Waals surface area (Å²) in [7, 11) is 0. The van der Waals surface area contributed by atoms with Gasteiger partial charge in [-0.3, -0.25) is 4.79 Å². The Labute approximate surface area is 174 Å². The lowest BCUT2D eigenvalue weighted by Gasteiger charge is -2.36. The molecule has 1 aliphatic rings. The molecule has 0 bridgehead atoms. The Morgan fingerprint density at radius 3 is 2.34 bits per heavy atom. The number of ether oxygens (including phenoxy) is 1. The third-order valence-corrected chi connectivity index (χ3v) is 5.76. The van der Waals surface area contributed by atoms with Crippen LogP contribution in [0.25, 0.3) is 0 Å². The number of nitrogens with zero attached hydrogens (tertiary/aromatic N) is 1. The van der Waals surface area contributed by atoms with Crippen LogP contribution in [-0.4, -0.2) is 44.7 Å². The topological polar surface area (TPSA) is 46.0 Å².